The van der Waals surface area contributed by atoms with Crippen LogP contribution in [0, 0.1) is 5.41 Å². The van der Waals surface area contributed by atoms with Gasteiger partial charge in [-0.25, -0.2) is 0 Å². The van der Waals surface area contributed by atoms with Gasteiger partial charge in [-0.3, -0.25) is 14.6 Å². The Hall–Kier alpha value is -1.62. The highest BCUT2D eigenvalue weighted by Gasteiger charge is 2.41. The number of amides is 1. The topological polar surface area (TPSA) is 70.5 Å². The molecular weight excluding hydrogens is 280 g/mol. The molecule has 0 bridgehead atoms. The molecule has 0 aliphatic carbocycles. The maximum Gasteiger partial charge on any atom is 0.309 e. The van der Waals surface area contributed by atoms with Gasteiger partial charge in [0.15, 0.2) is 0 Å². The first-order valence-corrected chi connectivity index (χ1v) is 7.00. The Kier molecular flexibility index (Phi) is 4.28. The number of pyridine rings is 1. The van der Waals surface area contributed by atoms with E-state index >= 15 is 0 Å². The molecule has 0 spiro atoms. The summed E-state index contributed by atoms with van der Waals surface area (Å²) in [4.78, 5) is 29.2. The second-order valence-electron chi connectivity index (χ2n) is 5.09. The van der Waals surface area contributed by atoms with Crippen molar-refractivity contribution in [3.05, 3.63) is 29.0 Å². The van der Waals surface area contributed by atoms with Crippen LogP contribution in [0.5, 0.6) is 0 Å². The molecule has 1 aliphatic rings. The number of carboxylic acids is 1. The molecule has 0 aromatic carbocycles. The van der Waals surface area contributed by atoms with Crippen molar-refractivity contribution in [2.75, 3.05) is 13.1 Å². The Labute approximate surface area is 122 Å². The molecule has 1 saturated heterocycles. The van der Waals surface area contributed by atoms with Crippen molar-refractivity contribution in [3.8, 4) is 0 Å². The fraction of sp³-hybridized carbons (Fsp3) is 0.500. The average molecular weight is 297 g/mol. The molecule has 108 valence electrons. The Morgan fingerprint density at radius 1 is 1.45 bits per heavy atom. The third-order valence-corrected chi connectivity index (χ3v) is 4.44. The number of carbonyl (C=O) groups is 2. The summed E-state index contributed by atoms with van der Waals surface area (Å²) in [5.74, 6) is -0.929. The molecule has 5 nitrogen and oxygen atoms in total. The summed E-state index contributed by atoms with van der Waals surface area (Å²) in [6.45, 7) is 2.76. The van der Waals surface area contributed by atoms with Gasteiger partial charge < -0.3 is 10.0 Å². The van der Waals surface area contributed by atoms with Crippen LogP contribution >= 0.6 is 11.6 Å². The van der Waals surface area contributed by atoms with Gasteiger partial charge in [0.25, 0.3) is 5.91 Å². The maximum absolute atomic E-state index is 12.4. The zero-order chi connectivity index (χ0) is 14.8. The number of piperidine rings is 1. The molecule has 1 aromatic rings. The van der Waals surface area contributed by atoms with Gasteiger partial charge in [0.1, 0.15) is 0 Å². The number of aromatic nitrogens is 1. The van der Waals surface area contributed by atoms with E-state index in [0.717, 1.165) is 0 Å². The third kappa shape index (κ3) is 2.63. The molecule has 2 rings (SSSR count). The van der Waals surface area contributed by atoms with E-state index < -0.39 is 11.4 Å². The van der Waals surface area contributed by atoms with Crippen molar-refractivity contribution in [1.29, 1.82) is 0 Å². The lowest BCUT2D eigenvalue weighted by Crippen LogP contribution is -2.46. The molecular formula is C14H17ClN2O3. The summed E-state index contributed by atoms with van der Waals surface area (Å²) in [6, 6.07) is 1.59. The number of rotatable bonds is 3. The number of carbonyl (C=O) groups excluding carboxylic acids is 1. The summed E-state index contributed by atoms with van der Waals surface area (Å²) in [5.41, 5.74) is -0.278. The van der Waals surface area contributed by atoms with Crippen LogP contribution in [0.25, 0.3) is 0 Å². The monoisotopic (exact) mass is 296 g/mol. The molecule has 0 radical (unpaired) electrons. The van der Waals surface area contributed by atoms with Gasteiger partial charge in [0, 0.05) is 25.5 Å². The first-order valence-electron chi connectivity index (χ1n) is 6.62. The van der Waals surface area contributed by atoms with Gasteiger partial charge in [0.2, 0.25) is 0 Å². The smallest absolute Gasteiger partial charge is 0.309 e. The molecule has 1 N–H and O–H groups in total. The molecule has 20 heavy (non-hydrogen) atoms. The summed E-state index contributed by atoms with van der Waals surface area (Å²) in [7, 11) is 0. The van der Waals surface area contributed by atoms with E-state index in [1.807, 2.05) is 6.92 Å². The first kappa shape index (κ1) is 14.8. The van der Waals surface area contributed by atoms with Crippen molar-refractivity contribution in [2.24, 2.45) is 5.41 Å². The Morgan fingerprint density at radius 3 is 2.60 bits per heavy atom. The second kappa shape index (κ2) is 5.79. The van der Waals surface area contributed by atoms with Gasteiger partial charge in [-0.2, -0.15) is 0 Å². The minimum absolute atomic E-state index is 0.160. The van der Waals surface area contributed by atoms with E-state index in [0.29, 0.717) is 42.9 Å². The summed E-state index contributed by atoms with van der Waals surface area (Å²) < 4.78 is 0. The first-order chi connectivity index (χ1) is 9.50. The van der Waals surface area contributed by atoms with Gasteiger partial charge in [0.05, 0.1) is 16.0 Å². The zero-order valence-electron chi connectivity index (χ0n) is 11.3. The number of hydrogen-bond donors (Lipinski definition) is 1. The fourth-order valence-electron chi connectivity index (χ4n) is 2.58. The Bertz CT molecular complexity index is 525. The SMILES string of the molecule is CCC1(C(=O)O)CCN(C(=O)c2ccncc2Cl)CC1. The molecule has 0 unspecified atom stereocenters. The van der Waals surface area contributed by atoms with Crippen LogP contribution in [0.3, 0.4) is 0 Å². The van der Waals surface area contributed by atoms with Crippen molar-refractivity contribution < 1.29 is 14.7 Å². The summed E-state index contributed by atoms with van der Waals surface area (Å²) >= 11 is 5.97. The van der Waals surface area contributed by atoms with E-state index in [2.05, 4.69) is 4.98 Å². The molecule has 6 heteroatoms. The van der Waals surface area contributed by atoms with E-state index in [1.54, 1.807) is 11.0 Å². The van der Waals surface area contributed by atoms with E-state index in [9.17, 15) is 14.7 Å². The van der Waals surface area contributed by atoms with Gasteiger partial charge in [-0.15, -0.1) is 0 Å². The highest BCUT2D eigenvalue weighted by atomic mass is 35.5. The number of carboxylic acid groups (broad SMARTS) is 1. The van der Waals surface area contributed by atoms with Gasteiger partial charge in [-0.05, 0) is 25.3 Å². The Balaban J connectivity index is 2.10. The Morgan fingerprint density at radius 2 is 2.10 bits per heavy atom. The molecule has 1 fully saturated rings. The van der Waals surface area contributed by atoms with Crippen LogP contribution < -0.4 is 0 Å². The standard InChI is InChI=1S/C14H17ClN2O3/c1-2-14(13(19)20)4-7-17(8-5-14)12(18)10-3-6-16-9-11(10)15/h3,6,9H,2,4-5,7-8H2,1H3,(H,19,20). The zero-order valence-corrected chi connectivity index (χ0v) is 12.1. The highest BCUT2D eigenvalue weighted by molar-refractivity contribution is 6.33. The summed E-state index contributed by atoms with van der Waals surface area (Å²) in [6.07, 6.45) is 4.50. The molecule has 2 heterocycles. The minimum atomic E-state index is -0.769. The fourth-order valence-corrected chi connectivity index (χ4v) is 2.78. The van der Waals surface area contributed by atoms with Crippen molar-refractivity contribution in [3.63, 3.8) is 0 Å². The maximum atomic E-state index is 12.4. The highest BCUT2D eigenvalue weighted by Crippen LogP contribution is 2.35. The molecule has 1 amide bonds. The molecule has 0 atom stereocenters. The lowest BCUT2D eigenvalue weighted by Gasteiger charge is -2.38. The molecule has 0 saturated carbocycles. The van der Waals surface area contributed by atoms with E-state index in [1.165, 1.54) is 12.4 Å². The lowest BCUT2D eigenvalue weighted by molar-refractivity contribution is -0.152. The van der Waals surface area contributed by atoms with Gasteiger partial charge in [-0.1, -0.05) is 18.5 Å². The molecule has 1 aromatic heterocycles. The minimum Gasteiger partial charge on any atom is -0.481 e. The van der Waals surface area contributed by atoms with Crippen LogP contribution in [0.2, 0.25) is 5.02 Å². The van der Waals surface area contributed by atoms with Crippen LogP contribution in [-0.4, -0.2) is 40.0 Å². The van der Waals surface area contributed by atoms with Crippen LogP contribution in [-0.2, 0) is 4.79 Å². The summed E-state index contributed by atoms with van der Waals surface area (Å²) in [5, 5.41) is 9.66. The number of nitrogens with zero attached hydrogens (tertiary/aromatic N) is 2. The average Bonchev–Trinajstić information content (AvgIpc) is 2.47. The predicted octanol–water partition coefficient (Wildman–Crippen LogP) is 2.45. The number of likely N-dealkylation sites (tertiary alicyclic amines) is 1. The number of aliphatic carboxylic acids is 1. The predicted molar refractivity (Wildman–Crippen MR) is 74.7 cm³/mol. The van der Waals surface area contributed by atoms with E-state index in [4.69, 9.17) is 11.6 Å². The quantitative estimate of drug-likeness (QED) is 0.930. The van der Waals surface area contributed by atoms with Gasteiger partial charge >= 0.3 is 5.97 Å². The molecule has 1 aliphatic heterocycles. The van der Waals surface area contributed by atoms with Crippen LogP contribution in [0.1, 0.15) is 36.5 Å². The van der Waals surface area contributed by atoms with Crippen molar-refractivity contribution >= 4 is 23.5 Å². The normalized spacial score (nSPS) is 17.8. The largest absolute Gasteiger partial charge is 0.481 e. The van der Waals surface area contributed by atoms with Crippen molar-refractivity contribution in [2.45, 2.75) is 26.2 Å². The van der Waals surface area contributed by atoms with Crippen LogP contribution in [0.4, 0.5) is 0 Å². The van der Waals surface area contributed by atoms with Crippen molar-refractivity contribution in [1.82, 2.24) is 9.88 Å². The lowest BCUT2D eigenvalue weighted by atomic mass is 9.76. The number of hydrogen-bond acceptors (Lipinski definition) is 3. The van der Waals surface area contributed by atoms with Crippen LogP contribution in [0.15, 0.2) is 18.5 Å². The van der Waals surface area contributed by atoms with E-state index in [-0.39, 0.29) is 5.91 Å². The third-order valence-electron chi connectivity index (χ3n) is 4.14. The number of halogens is 1. The second-order valence-corrected chi connectivity index (χ2v) is 5.49.